The van der Waals surface area contributed by atoms with E-state index in [0.717, 1.165) is 16.0 Å². The van der Waals surface area contributed by atoms with Gasteiger partial charge >= 0.3 is 6.03 Å². The van der Waals surface area contributed by atoms with Crippen LogP contribution in [0.2, 0.25) is 10.0 Å². The second-order valence-electron chi connectivity index (χ2n) is 6.60. The number of benzene rings is 2. The van der Waals surface area contributed by atoms with Gasteiger partial charge < -0.3 is 4.42 Å². The normalized spacial score (nSPS) is 15.6. The van der Waals surface area contributed by atoms with Gasteiger partial charge in [0.05, 0.1) is 5.69 Å². The molecule has 1 N–H and O–H groups in total. The monoisotopic (exact) mass is 440 g/mol. The Bertz CT molecular complexity index is 1210. The summed E-state index contributed by atoms with van der Waals surface area (Å²) in [6.07, 6.45) is 1.30. The molecule has 4 amide bonds. The van der Waals surface area contributed by atoms with Crippen LogP contribution in [0.5, 0.6) is 0 Å². The lowest BCUT2D eigenvalue weighted by atomic mass is 10.1. The molecular weight excluding hydrogens is 427 g/mol. The van der Waals surface area contributed by atoms with Crippen LogP contribution in [-0.4, -0.2) is 17.8 Å². The lowest BCUT2D eigenvalue weighted by Crippen LogP contribution is -2.54. The summed E-state index contributed by atoms with van der Waals surface area (Å²) in [5, 5.41) is 3.22. The van der Waals surface area contributed by atoms with E-state index in [1.807, 2.05) is 19.1 Å². The van der Waals surface area contributed by atoms with Crippen LogP contribution < -0.4 is 10.2 Å². The maximum Gasteiger partial charge on any atom is 0.335 e. The molecule has 150 valence electrons. The Morgan fingerprint density at radius 2 is 1.70 bits per heavy atom. The Morgan fingerprint density at radius 1 is 0.967 bits per heavy atom. The highest BCUT2D eigenvalue weighted by Crippen LogP contribution is 2.29. The zero-order chi connectivity index (χ0) is 21.4. The summed E-state index contributed by atoms with van der Waals surface area (Å²) >= 11 is 12.0. The third-order valence-electron chi connectivity index (χ3n) is 4.56. The quantitative estimate of drug-likeness (QED) is 0.446. The Kier molecular flexibility index (Phi) is 5.20. The van der Waals surface area contributed by atoms with Crippen molar-refractivity contribution in [1.82, 2.24) is 5.32 Å². The first kappa shape index (κ1) is 19.9. The molecule has 1 aromatic heterocycles. The fourth-order valence-electron chi connectivity index (χ4n) is 2.96. The molecule has 2 aromatic carbocycles. The molecule has 8 heteroatoms. The van der Waals surface area contributed by atoms with Gasteiger partial charge in [-0.05, 0) is 61.0 Å². The van der Waals surface area contributed by atoms with E-state index >= 15 is 0 Å². The zero-order valence-corrected chi connectivity index (χ0v) is 17.1. The number of hydrogen-bond donors (Lipinski definition) is 1. The Labute approximate surface area is 181 Å². The summed E-state index contributed by atoms with van der Waals surface area (Å²) in [5.41, 5.74) is 1.75. The van der Waals surface area contributed by atoms with Gasteiger partial charge in [0, 0.05) is 15.6 Å². The number of aryl methyl sites for hydroxylation is 1. The molecule has 0 aliphatic carbocycles. The summed E-state index contributed by atoms with van der Waals surface area (Å²) in [4.78, 5) is 38.3. The first-order valence-corrected chi connectivity index (χ1v) is 9.62. The van der Waals surface area contributed by atoms with Gasteiger partial charge in [0.1, 0.15) is 17.1 Å². The average Bonchev–Trinajstić information content (AvgIpc) is 3.17. The topological polar surface area (TPSA) is 79.6 Å². The summed E-state index contributed by atoms with van der Waals surface area (Å²) < 4.78 is 5.76. The lowest BCUT2D eigenvalue weighted by Gasteiger charge is -2.26. The van der Waals surface area contributed by atoms with Crippen LogP contribution in [0.25, 0.3) is 17.4 Å². The van der Waals surface area contributed by atoms with Crippen molar-refractivity contribution in [2.45, 2.75) is 6.92 Å². The number of halogens is 2. The van der Waals surface area contributed by atoms with E-state index in [1.54, 1.807) is 30.3 Å². The lowest BCUT2D eigenvalue weighted by molar-refractivity contribution is -0.122. The first-order chi connectivity index (χ1) is 14.3. The molecule has 1 fully saturated rings. The van der Waals surface area contributed by atoms with Gasteiger partial charge in [0.2, 0.25) is 0 Å². The molecule has 0 spiro atoms. The fraction of sp³-hybridized carbons (Fsp3) is 0.0455. The van der Waals surface area contributed by atoms with Crippen molar-refractivity contribution in [2.75, 3.05) is 4.90 Å². The summed E-state index contributed by atoms with van der Waals surface area (Å²) in [7, 11) is 0. The minimum atomic E-state index is -0.834. The largest absolute Gasteiger partial charge is 0.457 e. The second kappa shape index (κ2) is 7.82. The number of carbonyl (C=O) groups is 3. The van der Waals surface area contributed by atoms with Crippen LogP contribution in [0.4, 0.5) is 10.5 Å². The van der Waals surface area contributed by atoms with Crippen LogP contribution in [-0.2, 0) is 9.59 Å². The number of urea groups is 1. The number of hydrogen-bond acceptors (Lipinski definition) is 4. The SMILES string of the molecule is Cc1ccc(-c2ccc(C=C3C(=O)NC(=O)N(c4ccc(Cl)cc4)C3=O)o2)cc1Cl. The highest BCUT2D eigenvalue weighted by atomic mass is 35.5. The van der Waals surface area contributed by atoms with Crippen molar-refractivity contribution in [2.24, 2.45) is 0 Å². The van der Waals surface area contributed by atoms with Crippen LogP contribution in [0.1, 0.15) is 11.3 Å². The van der Waals surface area contributed by atoms with Crippen LogP contribution in [0.3, 0.4) is 0 Å². The fourth-order valence-corrected chi connectivity index (χ4v) is 3.26. The summed E-state index contributed by atoms with van der Waals surface area (Å²) in [6.45, 7) is 1.89. The van der Waals surface area contributed by atoms with Gasteiger partial charge in [0.25, 0.3) is 11.8 Å². The predicted molar refractivity (Wildman–Crippen MR) is 114 cm³/mol. The Morgan fingerprint density at radius 3 is 2.40 bits per heavy atom. The number of furan rings is 1. The highest BCUT2D eigenvalue weighted by molar-refractivity contribution is 6.39. The van der Waals surface area contributed by atoms with Gasteiger partial charge in [-0.25, -0.2) is 9.69 Å². The standard InChI is InChI=1S/C22H14Cl2N2O4/c1-12-2-3-13(10-18(12)24)19-9-8-16(30-19)11-17-20(27)25-22(29)26(21(17)28)15-6-4-14(23)5-7-15/h2-11H,1H3,(H,25,27,29). The molecule has 2 heterocycles. The smallest absolute Gasteiger partial charge is 0.335 e. The van der Waals surface area contributed by atoms with Crippen molar-refractivity contribution < 1.29 is 18.8 Å². The molecule has 4 rings (SSSR count). The Hall–Kier alpha value is -3.35. The molecule has 3 aromatic rings. The van der Waals surface area contributed by atoms with Crippen LogP contribution >= 0.6 is 23.2 Å². The maximum absolute atomic E-state index is 12.9. The van der Waals surface area contributed by atoms with Crippen molar-refractivity contribution >= 4 is 52.8 Å². The van der Waals surface area contributed by atoms with E-state index < -0.39 is 17.8 Å². The number of nitrogens with zero attached hydrogens (tertiary/aromatic N) is 1. The number of barbiturate groups is 1. The minimum Gasteiger partial charge on any atom is -0.457 e. The third kappa shape index (κ3) is 3.75. The van der Waals surface area contributed by atoms with E-state index in [0.29, 0.717) is 15.8 Å². The van der Waals surface area contributed by atoms with Crippen molar-refractivity contribution in [1.29, 1.82) is 0 Å². The number of imide groups is 2. The predicted octanol–water partition coefficient (Wildman–Crippen LogP) is 5.23. The molecule has 0 atom stereocenters. The molecular formula is C22H14Cl2N2O4. The molecule has 0 radical (unpaired) electrons. The summed E-state index contributed by atoms with van der Waals surface area (Å²) in [5.74, 6) is -0.752. The van der Waals surface area contributed by atoms with Gasteiger partial charge in [-0.3, -0.25) is 14.9 Å². The zero-order valence-electron chi connectivity index (χ0n) is 15.6. The molecule has 0 saturated carbocycles. The Balaban J connectivity index is 1.67. The van der Waals surface area contributed by atoms with Gasteiger partial charge in [0.15, 0.2) is 0 Å². The molecule has 1 aliphatic rings. The van der Waals surface area contributed by atoms with Gasteiger partial charge in [-0.2, -0.15) is 0 Å². The number of carbonyl (C=O) groups excluding carboxylic acids is 3. The van der Waals surface area contributed by atoms with E-state index in [4.69, 9.17) is 27.6 Å². The van der Waals surface area contributed by atoms with Crippen molar-refractivity contribution in [3.05, 3.63) is 81.5 Å². The van der Waals surface area contributed by atoms with E-state index in [9.17, 15) is 14.4 Å². The number of amides is 4. The maximum atomic E-state index is 12.9. The average molecular weight is 441 g/mol. The first-order valence-electron chi connectivity index (χ1n) is 8.87. The number of rotatable bonds is 3. The van der Waals surface area contributed by atoms with Crippen molar-refractivity contribution in [3.8, 4) is 11.3 Å². The highest BCUT2D eigenvalue weighted by Gasteiger charge is 2.37. The third-order valence-corrected chi connectivity index (χ3v) is 5.22. The second-order valence-corrected chi connectivity index (χ2v) is 7.44. The van der Waals surface area contributed by atoms with E-state index in [-0.39, 0.29) is 17.0 Å². The van der Waals surface area contributed by atoms with E-state index in [1.165, 1.54) is 18.2 Å². The van der Waals surface area contributed by atoms with Crippen LogP contribution in [0, 0.1) is 6.92 Å². The van der Waals surface area contributed by atoms with Gasteiger partial charge in [-0.15, -0.1) is 0 Å². The van der Waals surface area contributed by atoms with Gasteiger partial charge in [-0.1, -0.05) is 35.3 Å². The summed E-state index contributed by atoms with van der Waals surface area (Å²) in [6, 6.07) is 14.1. The molecule has 1 aliphatic heterocycles. The van der Waals surface area contributed by atoms with Crippen LogP contribution in [0.15, 0.2) is 64.6 Å². The van der Waals surface area contributed by atoms with E-state index in [2.05, 4.69) is 5.32 Å². The molecule has 0 unspecified atom stereocenters. The minimum absolute atomic E-state index is 0.229. The van der Waals surface area contributed by atoms with Crippen molar-refractivity contribution in [3.63, 3.8) is 0 Å². The number of anilines is 1. The molecule has 1 saturated heterocycles. The molecule has 30 heavy (non-hydrogen) atoms. The number of nitrogens with one attached hydrogen (secondary N) is 1. The molecule has 0 bridgehead atoms. The molecule has 6 nitrogen and oxygen atoms in total.